The van der Waals surface area contributed by atoms with Gasteiger partial charge in [0.1, 0.15) is 11.1 Å². The van der Waals surface area contributed by atoms with Gasteiger partial charge in [0.2, 0.25) is 4.91 Å². The number of nitrogens with zero attached hydrogens (tertiary/aromatic N) is 1. The van der Waals surface area contributed by atoms with Gasteiger partial charge in [0.25, 0.3) is 0 Å². The summed E-state index contributed by atoms with van der Waals surface area (Å²) in [4.78, 5) is 2.00. The smallest absolute Gasteiger partial charge is 0.211 e. The fourth-order valence-electron chi connectivity index (χ4n) is 0.0913. The van der Waals surface area contributed by atoms with Gasteiger partial charge in [-0.1, -0.05) is 0 Å². The first-order valence-electron chi connectivity index (χ1n) is 1.96. The molecule has 8 heavy (non-hydrogen) atoms. The number of aliphatic hydroxyl groups is 1. The molecule has 0 rings (SSSR count). The summed E-state index contributed by atoms with van der Waals surface area (Å²) in [6, 6.07) is 0. The van der Waals surface area contributed by atoms with Crippen molar-refractivity contribution in [3.63, 3.8) is 0 Å². The van der Waals surface area contributed by atoms with Crippen LogP contribution in [0.4, 0.5) is 0 Å². The summed E-state index contributed by atoms with van der Waals surface area (Å²) >= 11 is 0. The molecule has 0 aromatic heterocycles. The predicted octanol–water partition coefficient (Wildman–Crippen LogP) is -0.259. The lowest BCUT2D eigenvalue weighted by Gasteiger charge is -1.84. The van der Waals surface area contributed by atoms with Crippen LogP contribution in [0.2, 0.25) is 0 Å². The van der Waals surface area contributed by atoms with Crippen LogP contribution >= 0.6 is 0 Å². The Balaban J connectivity index is 0. The predicted molar refractivity (Wildman–Crippen MR) is 26.5 cm³/mol. The minimum atomic E-state index is 0.122. The highest BCUT2D eigenvalue weighted by molar-refractivity contribution is 4.12. The largest absolute Gasteiger partial charge is 0.394 e. The number of hydrogen-bond acceptors (Lipinski definition) is 4. The Hall–Kier alpha value is -0.770. The summed E-state index contributed by atoms with van der Waals surface area (Å²) in [6.07, 6.45) is 0. The van der Waals surface area contributed by atoms with Crippen LogP contribution in [-0.4, -0.2) is 25.4 Å². The molecule has 0 aliphatic rings. The summed E-state index contributed by atoms with van der Waals surface area (Å²) in [5.74, 6) is 0. The number of ether oxygens (including phenoxy) is 1. The zero-order valence-corrected chi connectivity index (χ0v) is 4.72. The average molecular weight is 120 g/mol. The van der Waals surface area contributed by atoms with E-state index < -0.39 is 0 Å². The Morgan fingerprint density at radius 1 is 1.62 bits per heavy atom. The first-order valence-corrected chi connectivity index (χ1v) is 1.96. The fraction of sp³-hybridized carbons (Fsp3) is 1.00. The molecule has 0 fully saturated rings. The minimum absolute atomic E-state index is 0.122. The van der Waals surface area contributed by atoms with E-state index in [9.17, 15) is 0 Å². The van der Waals surface area contributed by atoms with Gasteiger partial charge in [0.05, 0.1) is 13.2 Å². The van der Waals surface area contributed by atoms with E-state index in [-0.39, 0.29) is 6.61 Å². The molecule has 0 aliphatic heterocycles. The van der Waals surface area contributed by atoms with Crippen molar-refractivity contribution < 1.29 is 9.84 Å². The van der Waals surface area contributed by atoms with E-state index in [1.54, 1.807) is 7.11 Å². The second-order valence-electron chi connectivity index (χ2n) is 0.828. The molecule has 0 spiro atoms. The molecule has 0 amide bonds. The minimum Gasteiger partial charge on any atom is -0.394 e. The Morgan fingerprint density at radius 3 is 2.00 bits per heavy atom. The molecule has 48 valence electrons. The second-order valence-corrected chi connectivity index (χ2v) is 0.828. The molecule has 0 heterocycles. The number of rotatable bonds is 2. The van der Waals surface area contributed by atoms with E-state index in [0.29, 0.717) is 6.61 Å². The molecule has 0 unspecified atom stereocenters. The summed E-state index contributed by atoms with van der Waals surface area (Å²) in [5, 5.41) is 7.94. The van der Waals surface area contributed by atoms with E-state index >= 15 is 0 Å². The Bertz CT molecular complexity index is 57.5. The van der Waals surface area contributed by atoms with E-state index in [1.165, 1.54) is 0 Å². The number of hydrogen-bond donors (Lipinski definition) is 3. The van der Waals surface area contributed by atoms with Crippen molar-refractivity contribution >= 4 is 0 Å². The molecule has 0 aromatic rings. The standard InChI is InChI=1S/C3H8O2.H2N3/c1-5-3-2-4;1-3-2/h4H,2-3H2,1H3;1-2H/q;+1. The molecule has 5 heteroatoms. The number of methoxy groups -OCH3 is 1. The number of aliphatic hydroxyl groups excluding tert-OH is 1. The molecule has 0 saturated carbocycles. The topological polar surface area (TPSA) is 91.3 Å². The van der Waals surface area contributed by atoms with E-state index in [1.807, 2.05) is 4.91 Å². The average Bonchev–Trinajstić information content (AvgIpc) is 1.71. The lowest BCUT2D eigenvalue weighted by Crippen LogP contribution is -1.91. The second kappa shape index (κ2) is 16.3. The van der Waals surface area contributed by atoms with Gasteiger partial charge in [-0.3, -0.25) is 0 Å². The lowest BCUT2D eigenvalue weighted by molar-refractivity contribution is 0.135. The Labute approximate surface area is 47.3 Å². The van der Waals surface area contributed by atoms with Gasteiger partial charge in [-0.05, 0) is 0 Å². The molecule has 0 atom stereocenters. The van der Waals surface area contributed by atoms with Crippen molar-refractivity contribution in [1.82, 2.24) is 4.91 Å². The lowest BCUT2D eigenvalue weighted by atomic mass is 10.8. The van der Waals surface area contributed by atoms with Crippen LogP contribution in [0.1, 0.15) is 0 Å². The quantitative estimate of drug-likeness (QED) is 0.346. The van der Waals surface area contributed by atoms with Gasteiger partial charge in [-0.2, -0.15) is 0 Å². The van der Waals surface area contributed by atoms with Crippen molar-refractivity contribution in [2.24, 2.45) is 0 Å². The highest BCUT2D eigenvalue weighted by Gasteiger charge is 1.67. The van der Waals surface area contributed by atoms with Gasteiger partial charge in [-0.15, -0.1) is 0 Å². The number of nitrogens with one attached hydrogen (secondary N) is 2. The molecular formula is C3H10N3O2+. The van der Waals surface area contributed by atoms with E-state index in [2.05, 4.69) is 4.74 Å². The van der Waals surface area contributed by atoms with Crippen molar-refractivity contribution in [3.8, 4) is 0 Å². The third-order valence-corrected chi connectivity index (χ3v) is 0.295. The zero-order valence-electron chi connectivity index (χ0n) is 4.72. The van der Waals surface area contributed by atoms with E-state index in [4.69, 9.17) is 16.2 Å². The third kappa shape index (κ3) is 61.9. The van der Waals surface area contributed by atoms with Crippen LogP contribution in [0.15, 0.2) is 0 Å². The molecule has 3 N–H and O–H groups in total. The molecule has 0 bridgehead atoms. The normalized spacial score (nSPS) is 6.25. The molecule has 0 radical (unpaired) electrons. The Kier molecular flexibility index (Phi) is 20.9. The van der Waals surface area contributed by atoms with Crippen molar-refractivity contribution in [2.45, 2.75) is 0 Å². The van der Waals surface area contributed by atoms with Crippen LogP contribution in [0.5, 0.6) is 0 Å². The SMILES string of the molecule is COCCO.N=[N+]=N. The van der Waals surface area contributed by atoms with Gasteiger partial charge in [0.15, 0.2) is 0 Å². The van der Waals surface area contributed by atoms with Gasteiger partial charge < -0.3 is 9.84 Å². The Morgan fingerprint density at radius 2 is 2.00 bits per heavy atom. The maximum atomic E-state index is 7.94. The van der Waals surface area contributed by atoms with Gasteiger partial charge in [-0.25, -0.2) is 0 Å². The molecule has 0 saturated heterocycles. The van der Waals surface area contributed by atoms with Crippen LogP contribution in [0.25, 0.3) is 0 Å². The molecule has 0 aromatic carbocycles. The van der Waals surface area contributed by atoms with Crippen molar-refractivity contribution in [2.75, 3.05) is 20.3 Å². The van der Waals surface area contributed by atoms with Crippen LogP contribution in [0.3, 0.4) is 0 Å². The van der Waals surface area contributed by atoms with E-state index in [0.717, 1.165) is 0 Å². The van der Waals surface area contributed by atoms with Crippen LogP contribution in [-0.2, 0) is 4.74 Å². The van der Waals surface area contributed by atoms with Gasteiger partial charge >= 0.3 is 0 Å². The summed E-state index contributed by atoms with van der Waals surface area (Å²) in [6.45, 7) is 0.566. The summed E-state index contributed by atoms with van der Waals surface area (Å²) in [5.41, 5.74) is 11.0. The fourth-order valence-corrected chi connectivity index (χ4v) is 0.0913. The maximum absolute atomic E-state index is 7.94. The van der Waals surface area contributed by atoms with Crippen LogP contribution < -0.4 is 4.91 Å². The van der Waals surface area contributed by atoms with Crippen molar-refractivity contribution in [3.05, 3.63) is 0 Å². The first kappa shape index (κ1) is 10.3. The third-order valence-electron chi connectivity index (χ3n) is 0.295. The summed E-state index contributed by atoms with van der Waals surface area (Å²) < 4.78 is 4.44. The van der Waals surface area contributed by atoms with Crippen molar-refractivity contribution in [1.29, 1.82) is 11.1 Å². The molecular weight excluding hydrogens is 110 g/mol. The highest BCUT2D eigenvalue weighted by atomic mass is 16.5. The zero-order chi connectivity index (χ0) is 6.83. The highest BCUT2D eigenvalue weighted by Crippen LogP contribution is 1.56. The monoisotopic (exact) mass is 120 g/mol. The van der Waals surface area contributed by atoms with Crippen LogP contribution in [0, 0.1) is 11.1 Å². The molecule has 0 aliphatic carbocycles. The molecule has 5 nitrogen and oxygen atoms in total. The van der Waals surface area contributed by atoms with Gasteiger partial charge in [0, 0.05) is 7.11 Å². The summed E-state index contributed by atoms with van der Waals surface area (Å²) in [7, 11) is 1.55. The first-order chi connectivity index (χ1) is 3.83. The maximum Gasteiger partial charge on any atom is 0.211 e.